The summed E-state index contributed by atoms with van der Waals surface area (Å²) in [7, 11) is -1.34. The van der Waals surface area contributed by atoms with Gasteiger partial charge in [0.1, 0.15) is 0 Å². The molecular formula is C4H10O3S2. The minimum Gasteiger partial charge on any atom is -0.265 e. The highest BCUT2D eigenvalue weighted by Crippen LogP contribution is 2.18. The topological polar surface area (TPSA) is 43.4 Å². The van der Waals surface area contributed by atoms with Gasteiger partial charge >= 0.3 is 9.15 Å². The zero-order valence-corrected chi connectivity index (χ0v) is 7.25. The monoisotopic (exact) mass is 170 g/mol. The molecule has 0 heterocycles. The third-order valence-electron chi connectivity index (χ3n) is 0.514. The predicted molar refractivity (Wildman–Crippen MR) is 38.7 cm³/mol. The van der Waals surface area contributed by atoms with Gasteiger partial charge in [-0.05, 0) is 10.8 Å². The summed E-state index contributed by atoms with van der Waals surface area (Å²) in [4.78, 5) is 0. The van der Waals surface area contributed by atoms with Crippen LogP contribution in [0, 0.1) is 0 Å². The molecule has 0 unspecified atom stereocenters. The minimum absolute atomic E-state index is 0.0509. The molecule has 0 saturated carbocycles. The molecule has 0 aromatic rings. The van der Waals surface area contributed by atoms with E-state index in [4.69, 9.17) is 0 Å². The van der Waals surface area contributed by atoms with Gasteiger partial charge in [0.15, 0.2) is 0 Å². The molecule has 0 amide bonds. The van der Waals surface area contributed by atoms with E-state index in [1.54, 1.807) is 13.8 Å². The van der Waals surface area contributed by atoms with Crippen LogP contribution in [0.15, 0.2) is 0 Å². The van der Waals surface area contributed by atoms with Crippen molar-refractivity contribution >= 4 is 19.9 Å². The van der Waals surface area contributed by atoms with Gasteiger partial charge in [-0.15, -0.1) is 0 Å². The zero-order valence-electron chi connectivity index (χ0n) is 5.62. The normalized spacial score (nSPS) is 12.4. The lowest BCUT2D eigenvalue weighted by Gasteiger charge is -2.01. The fourth-order valence-corrected chi connectivity index (χ4v) is 2.47. The molecule has 0 rings (SSSR count). The Morgan fingerprint density at radius 3 is 2.00 bits per heavy atom. The maximum absolute atomic E-state index is 10.6. The van der Waals surface area contributed by atoms with Gasteiger partial charge in [-0.2, -0.15) is 8.42 Å². The summed E-state index contributed by atoms with van der Waals surface area (Å²) in [6, 6.07) is 0. The maximum Gasteiger partial charge on any atom is 0.322 e. The van der Waals surface area contributed by atoms with Crippen molar-refractivity contribution in [1.29, 1.82) is 0 Å². The molecule has 3 nitrogen and oxygen atoms in total. The van der Waals surface area contributed by atoms with Crippen LogP contribution in [0.4, 0.5) is 0 Å². The predicted octanol–water partition coefficient (Wildman–Crippen LogP) is 1.02. The van der Waals surface area contributed by atoms with E-state index in [9.17, 15) is 8.42 Å². The standard InChI is InChI=1S/C4H10O3S2/c1-4(2)8-9(5,6)7-3/h4H,1-3H3. The van der Waals surface area contributed by atoms with Crippen LogP contribution in [0.1, 0.15) is 13.8 Å². The molecule has 0 aliphatic rings. The second-order valence-electron chi connectivity index (χ2n) is 1.72. The average Bonchev–Trinajstić information content (AvgIpc) is 1.63. The summed E-state index contributed by atoms with van der Waals surface area (Å²) in [6.45, 7) is 3.59. The summed E-state index contributed by atoms with van der Waals surface area (Å²) in [5.74, 6) is 0. The van der Waals surface area contributed by atoms with Gasteiger partial charge in [0.05, 0.1) is 7.11 Å². The van der Waals surface area contributed by atoms with Gasteiger partial charge < -0.3 is 0 Å². The third-order valence-corrected chi connectivity index (χ3v) is 3.81. The van der Waals surface area contributed by atoms with Crippen molar-refractivity contribution in [2.75, 3.05) is 7.11 Å². The van der Waals surface area contributed by atoms with Crippen molar-refractivity contribution in [1.82, 2.24) is 0 Å². The molecule has 0 radical (unpaired) electrons. The first-order valence-corrected chi connectivity index (χ1v) is 5.27. The Bertz CT molecular complexity index is 159. The zero-order chi connectivity index (χ0) is 7.49. The van der Waals surface area contributed by atoms with Gasteiger partial charge in [0.2, 0.25) is 0 Å². The van der Waals surface area contributed by atoms with Crippen molar-refractivity contribution in [2.24, 2.45) is 0 Å². The lowest BCUT2D eigenvalue weighted by atomic mass is 10.6. The fraction of sp³-hybridized carbons (Fsp3) is 1.00. The van der Waals surface area contributed by atoms with Crippen molar-refractivity contribution in [3.8, 4) is 0 Å². The van der Waals surface area contributed by atoms with E-state index in [0.717, 1.165) is 17.9 Å². The Morgan fingerprint density at radius 1 is 1.44 bits per heavy atom. The van der Waals surface area contributed by atoms with Crippen LogP contribution in [0.2, 0.25) is 0 Å². The van der Waals surface area contributed by atoms with Gasteiger partial charge in [-0.25, -0.2) is 0 Å². The second-order valence-corrected chi connectivity index (χ2v) is 5.81. The number of rotatable bonds is 3. The molecule has 0 aromatic heterocycles. The first kappa shape index (κ1) is 9.26. The molecule has 0 N–H and O–H groups in total. The summed E-state index contributed by atoms with van der Waals surface area (Å²) in [5, 5.41) is 0.0509. The molecule has 0 saturated heterocycles. The smallest absolute Gasteiger partial charge is 0.265 e. The second kappa shape index (κ2) is 3.43. The molecule has 5 heteroatoms. The van der Waals surface area contributed by atoms with Gasteiger partial charge in [0, 0.05) is 5.25 Å². The third kappa shape index (κ3) is 4.74. The van der Waals surface area contributed by atoms with Crippen LogP contribution in [-0.2, 0) is 13.3 Å². The number of hydrogen-bond acceptors (Lipinski definition) is 4. The van der Waals surface area contributed by atoms with E-state index in [0.29, 0.717) is 0 Å². The largest absolute Gasteiger partial charge is 0.322 e. The molecular weight excluding hydrogens is 160 g/mol. The molecule has 9 heavy (non-hydrogen) atoms. The first-order valence-electron chi connectivity index (χ1n) is 2.47. The van der Waals surface area contributed by atoms with E-state index in [1.165, 1.54) is 0 Å². The first-order chi connectivity index (χ1) is 3.98. The quantitative estimate of drug-likeness (QED) is 0.593. The summed E-state index contributed by atoms with van der Waals surface area (Å²) in [5.41, 5.74) is 0. The Balaban J connectivity index is 3.90. The van der Waals surface area contributed by atoms with Crippen LogP contribution >= 0.6 is 10.8 Å². The molecule has 0 bridgehead atoms. The van der Waals surface area contributed by atoms with Crippen LogP contribution < -0.4 is 0 Å². The lowest BCUT2D eigenvalue weighted by molar-refractivity contribution is 0.413. The molecule has 0 fully saturated rings. The molecule has 0 aromatic carbocycles. The van der Waals surface area contributed by atoms with Crippen LogP contribution in [0.25, 0.3) is 0 Å². The molecule has 56 valence electrons. The summed E-state index contributed by atoms with van der Waals surface area (Å²) < 4.78 is 25.3. The van der Waals surface area contributed by atoms with Gasteiger partial charge in [-0.1, -0.05) is 13.8 Å². The Kier molecular flexibility index (Phi) is 3.53. The van der Waals surface area contributed by atoms with Gasteiger partial charge in [-0.3, -0.25) is 4.18 Å². The minimum atomic E-state index is -3.30. The Morgan fingerprint density at radius 2 is 1.89 bits per heavy atom. The SMILES string of the molecule is COS(=O)(=O)SC(C)C. The fourth-order valence-electron chi connectivity index (χ4n) is 0.275. The highest BCUT2D eigenvalue weighted by molar-refractivity contribution is 8.70. The van der Waals surface area contributed by atoms with E-state index >= 15 is 0 Å². The summed E-state index contributed by atoms with van der Waals surface area (Å²) >= 11 is 0. The van der Waals surface area contributed by atoms with Crippen molar-refractivity contribution in [2.45, 2.75) is 19.1 Å². The van der Waals surface area contributed by atoms with Crippen LogP contribution in [-0.4, -0.2) is 20.8 Å². The van der Waals surface area contributed by atoms with Crippen molar-refractivity contribution < 1.29 is 12.6 Å². The van der Waals surface area contributed by atoms with E-state index in [2.05, 4.69) is 4.18 Å². The molecule has 0 atom stereocenters. The van der Waals surface area contributed by atoms with E-state index < -0.39 is 9.15 Å². The van der Waals surface area contributed by atoms with E-state index in [-0.39, 0.29) is 5.25 Å². The van der Waals surface area contributed by atoms with Crippen molar-refractivity contribution in [3.63, 3.8) is 0 Å². The summed E-state index contributed by atoms with van der Waals surface area (Å²) in [6.07, 6.45) is 0. The van der Waals surface area contributed by atoms with Crippen LogP contribution in [0.5, 0.6) is 0 Å². The van der Waals surface area contributed by atoms with Crippen molar-refractivity contribution in [3.05, 3.63) is 0 Å². The molecule has 0 aliphatic carbocycles. The molecule has 0 aliphatic heterocycles. The van der Waals surface area contributed by atoms with Gasteiger partial charge in [0.25, 0.3) is 0 Å². The number of hydrogen-bond donors (Lipinski definition) is 0. The molecule has 0 spiro atoms. The highest BCUT2D eigenvalue weighted by Gasteiger charge is 2.10. The average molecular weight is 170 g/mol. The van der Waals surface area contributed by atoms with E-state index in [1.807, 2.05) is 0 Å². The maximum atomic E-state index is 10.6. The Hall–Kier alpha value is 0.260. The lowest BCUT2D eigenvalue weighted by Crippen LogP contribution is -2.00. The highest BCUT2D eigenvalue weighted by atomic mass is 33.1. The Labute approximate surface area is 59.3 Å². The van der Waals surface area contributed by atoms with Crippen LogP contribution in [0.3, 0.4) is 0 Å².